The molecule has 0 radical (unpaired) electrons. The van der Waals surface area contributed by atoms with Gasteiger partial charge in [0.1, 0.15) is 0 Å². The van der Waals surface area contributed by atoms with Gasteiger partial charge in [-0.05, 0) is 44.2 Å². The minimum atomic E-state index is -0.276. The second kappa shape index (κ2) is 6.16. The topological polar surface area (TPSA) is 32.3 Å². The first kappa shape index (κ1) is 12.6. The predicted octanol–water partition coefficient (Wildman–Crippen LogP) is 1.98. The first-order valence-corrected chi connectivity index (χ1v) is 6.14. The Morgan fingerprint density at radius 3 is 2.67 bits per heavy atom. The molecule has 84 valence electrons. The fourth-order valence-corrected chi connectivity index (χ4v) is 2.22. The van der Waals surface area contributed by atoms with E-state index >= 15 is 0 Å². The third kappa shape index (κ3) is 4.24. The number of likely N-dealkylation sites (N-methyl/N-ethyl adjacent to an activating group) is 1. The molecule has 1 atom stereocenters. The molecule has 0 heterocycles. The molecule has 0 spiro atoms. The van der Waals surface area contributed by atoms with Crippen molar-refractivity contribution in [2.75, 3.05) is 19.3 Å². The lowest BCUT2D eigenvalue weighted by Gasteiger charge is -2.10. The Hall–Kier alpha value is -0.510. The zero-order valence-corrected chi connectivity index (χ0v) is 10.4. The molecular formula is C12H19NOS. The van der Waals surface area contributed by atoms with Crippen LogP contribution in [0.3, 0.4) is 0 Å². The minimum absolute atomic E-state index is 0.276. The van der Waals surface area contributed by atoms with Crippen LogP contribution in [-0.4, -0.2) is 30.6 Å². The number of aliphatic hydroxyl groups excluding tert-OH is 1. The van der Waals surface area contributed by atoms with Gasteiger partial charge in [0.05, 0.1) is 6.10 Å². The quantitative estimate of drug-likeness (QED) is 0.752. The van der Waals surface area contributed by atoms with Gasteiger partial charge in [-0.2, -0.15) is 0 Å². The van der Waals surface area contributed by atoms with Gasteiger partial charge in [0.2, 0.25) is 0 Å². The van der Waals surface area contributed by atoms with Crippen molar-refractivity contribution in [2.45, 2.75) is 24.8 Å². The number of hydrogen-bond donors (Lipinski definition) is 2. The van der Waals surface area contributed by atoms with Gasteiger partial charge in [0.15, 0.2) is 0 Å². The highest BCUT2D eigenvalue weighted by molar-refractivity contribution is 7.99. The molecule has 1 aromatic carbocycles. The number of aryl methyl sites for hydroxylation is 2. The van der Waals surface area contributed by atoms with E-state index in [4.69, 9.17) is 0 Å². The van der Waals surface area contributed by atoms with Crippen LogP contribution in [0.4, 0.5) is 0 Å². The third-order valence-electron chi connectivity index (χ3n) is 2.36. The van der Waals surface area contributed by atoms with E-state index in [9.17, 15) is 5.11 Å². The van der Waals surface area contributed by atoms with Crippen LogP contribution in [0.15, 0.2) is 23.1 Å². The van der Waals surface area contributed by atoms with Crippen molar-refractivity contribution in [2.24, 2.45) is 0 Å². The molecule has 0 amide bonds. The first-order valence-electron chi connectivity index (χ1n) is 5.16. The second-order valence-corrected chi connectivity index (χ2v) is 4.86. The van der Waals surface area contributed by atoms with Gasteiger partial charge in [-0.15, -0.1) is 11.8 Å². The largest absolute Gasteiger partial charge is 0.391 e. The van der Waals surface area contributed by atoms with E-state index in [1.54, 1.807) is 11.8 Å². The van der Waals surface area contributed by atoms with Crippen LogP contribution in [0, 0.1) is 13.8 Å². The molecule has 3 heteroatoms. The van der Waals surface area contributed by atoms with E-state index in [1.807, 2.05) is 7.05 Å². The monoisotopic (exact) mass is 225 g/mol. The average molecular weight is 225 g/mol. The Morgan fingerprint density at radius 1 is 1.33 bits per heavy atom. The molecular weight excluding hydrogens is 206 g/mol. The molecule has 0 bridgehead atoms. The molecule has 0 saturated carbocycles. The highest BCUT2D eigenvalue weighted by Crippen LogP contribution is 2.21. The molecule has 0 aliphatic heterocycles. The van der Waals surface area contributed by atoms with Crippen molar-refractivity contribution in [3.8, 4) is 0 Å². The average Bonchev–Trinajstić information content (AvgIpc) is 2.20. The van der Waals surface area contributed by atoms with Gasteiger partial charge in [-0.3, -0.25) is 0 Å². The highest BCUT2D eigenvalue weighted by Gasteiger charge is 2.04. The van der Waals surface area contributed by atoms with Crippen LogP contribution in [0.1, 0.15) is 11.1 Å². The summed E-state index contributed by atoms with van der Waals surface area (Å²) in [5, 5.41) is 12.5. The van der Waals surface area contributed by atoms with Crippen molar-refractivity contribution in [1.82, 2.24) is 5.32 Å². The number of hydrogen-bond acceptors (Lipinski definition) is 3. The fourth-order valence-electron chi connectivity index (χ4n) is 1.29. The van der Waals surface area contributed by atoms with Gasteiger partial charge in [0, 0.05) is 17.2 Å². The second-order valence-electron chi connectivity index (χ2n) is 3.77. The molecule has 0 fully saturated rings. The Bertz CT molecular complexity index is 314. The molecule has 1 aromatic rings. The molecule has 0 aliphatic carbocycles. The van der Waals surface area contributed by atoms with E-state index in [0.717, 1.165) is 5.75 Å². The normalized spacial score (nSPS) is 12.8. The maximum Gasteiger partial charge on any atom is 0.0758 e. The lowest BCUT2D eigenvalue weighted by atomic mass is 10.1. The molecule has 1 rings (SSSR count). The molecule has 0 aliphatic rings. The van der Waals surface area contributed by atoms with Gasteiger partial charge in [-0.1, -0.05) is 6.07 Å². The van der Waals surface area contributed by atoms with Crippen molar-refractivity contribution >= 4 is 11.8 Å². The maximum absolute atomic E-state index is 9.55. The molecule has 0 saturated heterocycles. The summed E-state index contributed by atoms with van der Waals surface area (Å²) in [6, 6.07) is 6.41. The van der Waals surface area contributed by atoms with Crippen molar-refractivity contribution in [3.05, 3.63) is 29.3 Å². The molecule has 15 heavy (non-hydrogen) atoms. The van der Waals surface area contributed by atoms with Gasteiger partial charge >= 0.3 is 0 Å². The number of rotatable bonds is 5. The van der Waals surface area contributed by atoms with Crippen LogP contribution in [0.2, 0.25) is 0 Å². The van der Waals surface area contributed by atoms with Gasteiger partial charge < -0.3 is 10.4 Å². The summed E-state index contributed by atoms with van der Waals surface area (Å²) in [6.45, 7) is 4.88. The molecule has 1 unspecified atom stereocenters. The zero-order chi connectivity index (χ0) is 11.3. The summed E-state index contributed by atoms with van der Waals surface area (Å²) in [5.74, 6) is 0.739. The summed E-state index contributed by atoms with van der Waals surface area (Å²) in [6.07, 6.45) is -0.276. The summed E-state index contributed by atoms with van der Waals surface area (Å²) in [5.41, 5.74) is 2.62. The van der Waals surface area contributed by atoms with Crippen LogP contribution >= 0.6 is 11.8 Å². The van der Waals surface area contributed by atoms with Crippen molar-refractivity contribution < 1.29 is 5.11 Å². The van der Waals surface area contributed by atoms with E-state index in [2.05, 4.69) is 37.4 Å². The van der Waals surface area contributed by atoms with E-state index in [-0.39, 0.29) is 6.10 Å². The van der Waals surface area contributed by atoms with Crippen LogP contribution in [-0.2, 0) is 0 Å². The molecule has 2 N–H and O–H groups in total. The first-order chi connectivity index (χ1) is 7.13. The summed E-state index contributed by atoms with van der Waals surface area (Å²) >= 11 is 1.70. The fraction of sp³-hybridized carbons (Fsp3) is 0.500. The standard InChI is InChI=1S/C12H19NOS/c1-9-4-5-12(6-10(9)2)15-8-11(14)7-13-3/h4-6,11,13-14H,7-8H2,1-3H3. The maximum atomic E-state index is 9.55. The number of benzene rings is 1. The Labute approximate surface area is 96.1 Å². The van der Waals surface area contributed by atoms with E-state index in [0.29, 0.717) is 6.54 Å². The summed E-state index contributed by atoms with van der Waals surface area (Å²) in [4.78, 5) is 1.23. The Kier molecular flexibility index (Phi) is 5.15. The summed E-state index contributed by atoms with van der Waals surface area (Å²) < 4.78 is 0. The zero-order valence-electron chi connectivity index (χ0n) is 9.58. The highest BCUT2D eigenvalue weighted by atomic mass is 32.2. The van der Waals surface area contributed by atoms with Crippen LogP contribution in [0.25, 0.3) is 0 Å². The Balaban J connectivity index is 2.47. The Morgan fingerprint density at radius 2 is 2.07 bits per heavy atom. The van der Waals surface area contributed by atoms with Crippen LogP contribution in [0.5, 0.6) is 0 Å². The number of nitrogens with one attached hydrogen (secondary N) is 1. The molecule has 2 nitrogen and oxygen atoms in total. The van der Waals surface area contributed by atoms with Crippen molar-refractivity contribution in [1.29, 1.82) is 0 Å². The van der Waals surface area contributed by atoms with Crippen LogP contribution < -0.4 is 5.32 Å². The smallest absolute Gasteiger partial charge is 0.0758 e. The van der Waals surface area contributed by atoms with Gasteiger partial charge in [-0.25, -0.2) is 0 Å². The van der Waals surface area contributed by atoms with Crippen molar-refractivity contribution in [3.63, 3.8) is 0 Å². The number of thioether (sulfide) groups is 1. The van der Waals surface area contributed by atoms with E-state index in [1.165, 1.54) is 16.0 Å². The van der Waals surface area contributed by atoms with Gasteiger partial charge in [0.25, 0.3) is 0 Å². The lowest BCUT2D eigenvalue weighted by molar-refractivity contribution is 0.199. The predicted molar refractivity (Wildman–Crippen MR) is 66.6 cm³/mol. The molecule has 0 aromatic heterocycles. The summed E-state index contributed by atoms with van der Waals surface area (Å²) in [7, 11) is 1.85. The number of aliphatic hydroxyl groups is 1. The lowest BCUT2D eigenvalue weighted by Crippen LogP contribution is -2.25. The third-order valence-corrected chi connectivity index (χ3v) is 3.50. The minimum Gasteiger partial charge on any atom is -0.391 e. The SMILES string of the molecule is CNCC(O)CSc1ccc(C)c(C)c1. The van der Waals surface area contributed by atoms with E-state index < -0.39 is 0 Å².